The van der Waals surface area contributed by atoms with Crippen molar-refractivity contribution < 1.29 is 9.90 Å². The molecule has 0 aromatic heterocycles. The van der Waals surface area contributed by atoms with Crippen molar-refractivity contribution in [2.45, 2.75) is 6.92 Å². The highest BCUT2D eigenvalue weighted by atomic mass is 35.5. The summed E-state index contributed by atoms with van der Waals surface area (Å²) in [7, 11) is 0. The lowest BCUT2D eigenvalue weighted by Crippen LogP contribution is -2.13. The van der Waals surface area contributed by atoms with E-state index in [1.54, 1.807) is 18.2 Å². The number of aryl methyl sites for hydroxylation is 1. The molecule has 4 nitrogen and oxygen atoms in total. The van der Waals surface area contributed by atoms with Gasteiger partial charge >= 0.3 is 0 Å². The number of phenolic OH excluding ortho intramolecular Hbond substituents is 1. The van der Waals surface area contributed by atoms with E-state index in [4.69, 9.17) is 16.9 Å². The van der Waals surface area contributed by atoms with Crippen molar-refractivity contribution in [3.05, 3.63) is 58.1 Å². The fourth-order valence-corrected chi connectivity index (χ4v) is 1.91. The van der Waals surface area contributed by atoms with Gasteiger partial charge in [-0.25, -0.2) is 0 Å². The number of anilines is 1. The molecule has 0 radical (unpaired) electrons. The maximum Gasteiger partial charge on any atom is 0.259 e. The monoisotopic (exact) mass is 286 g/mol. The van der Waals surface area contributed by atoms with Gasteiger partial charge in [-0.05, 0) is 37.3 Å². The lowest BCUT2D eigenvalue weighted by Gasteiger charge is -2.09. The van der Waals surface area contributed by atoms with Gasteiger partial charge in [-0.2, -0.15) is 5.26 Å². The molecule has 0 heterocycles. The summed E-state index contributed by atoms with van der Waals surface area (Å²) in [6.07, 6.45) is 0. The largest absolute Gasteiger partial charge is 0.507 e. The summed E-state index contributed by atoms with van der Waals surface area (Å²) in [6, 6.07) is 11.3. The Bertz CT molecular complexity index is 720. The normalized spacial score (nSPS) is 9.85. The van der Waals surface area contributed by atoms with E-state index in [1.165, 1.54) is 18.2 Å². The van der Waals surface area contributed by atoms with E-state index in [-0.39, 0.29) is 11.3 Å². The number of nitrogens with one attached hydrogen (secondary N) is 1. The average molecular weight is 287 g/mol. The second kappa shape index (κ2) is 5.64. The number of benzene rings is 2. The third-order valence-corrected chi connectivity index (χ3v) is 2.98. The summed E-state index contributed by atoms with van der Waals surface area (Å²) < 4.78 is 0. The molecule has 5 heteroatoms. The van der Waals surface area contributed by atoms with E-state index in [2.05, 4.69) is 5.32 Å². The van der Waals surface area contributed by atoms with Crippen LogP contribution in [0.4, 0.5) is 5.69 Å². The molecule has 0 unspecified atom stereocenters. The number of nitrogens with zero attached hydrogens (tertiary/aromatic N) is 1. The highest BCUT2D eigenvalue weighted by molar-refractivity contribution is 6.31. The molecule has 0 fully saturated rings. The van der Waals surface area contributed by atoms with E-state index in [0.717, 1.165) is 5.56 Å². The van der Waals surface area contributed by atoms with Gasteiger partial charge in [0.05, 0.1) is 16.8 Å². The van der Waals surface area contributed by atoms with Crippen LogP contribution in [0.25, 0.3) is 0 Å². The Hall–Kier alpha value is -2.51. The molecule has 2 rings (SSSR count). The number of rotatable bonds is 2. The van der Waals surface area contributed by atoms with Crippen LogP contribution in [0, 0.1) is 18.3 Å². The van der Waals surface area contributed by atoms with Gasteiger partial charge in [-0.15, -0.1) is 0 Å². The Morgan fingerprint density at radius 2 is 2.05 bits per heavy atom. The maximum absolute atomic E-state index is 12.1. The van der Waals surface area contributed by atoms with Crippen molar-refractivity contribution in [1.29, 1.82) is 5.26 Å². The molecule has 0 saturated heterocycles. The zero-order valence-electron chi connectivity index (χ0n) is 10.6. The van der Waals surface area contributed by atoms with E-state index >= 15 is 0 Å². The number of hydrogen-bond donors (Lipinski definition) is 2. The Kier molecular flexibility index (Phi) is 3.92. The Morgan fingerprint density at radius 1 is 1.30 bits per heavy atom. The summed E-state index contributed by atoms with van der Waals surface area (Å²) in [5.41, 5.74) is 1.61. The van der Waals surface area contributed by atoms with Crippen LogP contribution in [0.3, 0.4) is 0 Å². The molecule has 0 aliphatic heterocycles. The van der Waals surface area contributed by atoms with Crippen LogP contribution < -0.4 is 5.32 Å². The molecule has 2 aromatic rings. The van der Waals surface area contributed by atoms with Crippen LogP contribution in [-0.4, -0.2) is 11.0 Å². The smallest absolute Gasteiger partial charge is 0.259 e. The Balaban J connectivity index is 2.35. The van der Waals surface area contributed by atoms with Crippen molar-refractivity contribution in [2.75, 3.05) is 5.32 Å². The number of nitriles is 1. The summed E-state index contributed by atoms with van der Waals surface area (Å²) >= 11 is 5.85. The first-order valence-corrected chi connectivity index (χ1v) is 6.19. The van der Waals surface area contributed by atoms with Crippen LogP contribution >= 0.6 is 11.6 Å². The molecule has 0 atom stereocenters. The molecule has 2 N–H and O–H groups in total. The van der Waals surface area contributed by atoms with Crippen molar-refractivity contribution in [2.24, 2.45) is 0 Å². The number of amides is 1. The minimum atomic E-state index is -0.495. The highest BCUT2D eigenvalue weighted by Crippen LogP contribution is 2.23. The molecule has 100 valence electrons. The molecule has 1 amide bonds. The molecule has 0 saturated carbocycles. The van der Waals surface area contributed by atoms with E-state index < -0.39 is 5.91 Å². The van der Waals surface area contributed by atoms with Gasteiger partial charge in [0.2, 0.25) is 0 Å². The van der Waals surface area contributed by atoms with Crippen LogP contribution in [0.2, 0.25) is 5.02 Å². The second-order valence-electron chi connectivity index (χ2n) is 4.28. The topological polar surface area (TPSA) is 73.1 Å². The number of phenols is 1. The lowest BCUT2D eigenvalue weighted by molar-refractivity contribution is 0.102. The van der Waals surface area contributed by atoms with Gasteiger partial charge in [0, 0.05) is 5.02 Å². The molecule has 0 aliphatic rings. The first-order valence-electron chi connectivity index (χ1n) is 5.82. The summed E-state index contributed by atoms with van der Waals surface area (Å²) in [4.78, 5) is 12.1. The minimum absolute atomic E-state index is 0.117. The molecular weight excluding hydrogens is 276 g/mol. The van der Waals surface area contributed by atoms with Crippen LogP contribution in [0.1, 0.15) is 21.5 Å². The summed E-state index contributed by atoms with van der Waals surface area (Å²) in [5, 5.41) is 21.7. The minimum Gasteiger partial charge on any atom is -0.507 e. The Morgan fingerprint density at radius 3 is 2.75 bits per heavy atom. The predicted molar refractivity (Wildman–Crippen MR) is 77.0 cm³/mol. The molecule has 0 bridgehead atoms. The van der Waals surface area contributed by atoms with Gasteiger partial charge in [0.15, 0.2) is 0 Å². The predicted octanol–water partition coefficient (Wildman–Crippen LogP) is 3.48. The maximum atomic E-state index is 12.1. The van der Waals surface area contributed by atoms with E-state index in [0.29, 0.717) is 16.3 Å². The van der Waals surface area contributed by atoms with Gasteiger partial charge in [-0.1, -0.05) is 23.2 Å². The summed E-state index contributed by atoms with van der Waals surface area (Å²) in [6.45, 7) is 1.82. The first-order chi connectivity index (χ1) is 9.51. The molecule has 2 aromatic carbocycles. The summed E-state index contributed by atoms with van der Waals surface area (Å²) in [5.74, 6) is -0.612. The number of halogens is 1. The molecule has 20 heavy (non-hydrogen) atoms. The quantitative estimate of drug-likeness (QED) is 0.887. The van der Waals surface area contributed by atoms with Gasteiger partial charge in [-0.3, -0.25) is 4.79 Å². The fraction of sp³-hybridized carbons (Fsp3) is 0.0667. The second-order valence-corrected chi connectivity index (χ2v) is 4.71. The fourth-order valence-electron chi connectivity index (χ4n) is 1.74. The molecule has 0 spiro atoms. The first kappa shape index (κ1) is 13.9. The van der Waals surface area contributed by atoms with Gasteiger partial charge in [0.1, 0.15) is 11.8 Å². The standard InChI is InChI=1S/C15H11ClN2O2/c1-9-2-5-14(19)12(6-9)15(20)18-13-7-11(16)4-3-10(13)8-17/h2-7,19H,1H3,(H,18,20). The molecule has 0 aliphatic carbocycles. The van der Waals surface area contributed by atoms with Crippen LogP contribution in [-0.2, 0) is 0 Å². The Labute approximate surface area is 121 Å². The van der Waals surface area contributed by atoms with Crippen LogP contribution in [0.15, 0.2) is 36.4 Å². The SMILES string of the molecule is Cc1ccc(O)c(C(=O)Nc2cc(Cl)ccc2C#N)c1. The van der Waals surface area contributed by atoms with Gasteiger partial charge < -0.3 is 10.4 Å². The lowest BCUT2D eigenvalue weighted by atomic mass is 10.1. The number of carbonyl (C=O) groups excluding carboxylic acids is 1. The van der Waals surface area contributed by atoms with Crippen molar-refractivity contribution in [3.63, 3.8) is 0 Å². The van der Waals surface area contributed by atoms with E-state index in [1.807, 2.05) is 13.0 Å². The number of carbonyl (C=O) groups is 1. The van der Waals surface area contributed by atoms with Crippen molar-refractivity contribution in [1.82, 2.24) is 0 Å². The number of hydrogen-bond acceptors (Lipinski definition) is 3. The zero-order chi connectivity index (χ0) is 14.7. The average Bonchev–Trinajstić information content (AvgIpc) is 2.41. The van der Waals surface area contributed by atoms with Crippen molar-refractivity contribution >= 4 is 23.2 Å². The highest BCUT2D eigenvalue weighted by Gasteiger charge is 2.13. The zero-order valence-corrected chi connectivity index (χ0v) is 11.4. The van der Waals surface area contributed by atoms with Crippen molar-refractivity contribution in [3.8, 4) is 11.8 Å². The number of aromatic hydroxyl groups is 1. The van der Waals surface area contributed by atoms with Crippen LogP contribution in [0.5, 0.6) is 5.75 Å². The van der Waals surface area contributed by atoms with E-state index in [9.17, 15) is 9.90 Å². The van der Waals surface area contributed by atoms with Gasteiger partial charge in [0.25, 0.3) is 5.91 Å². The third-order valence-electron chi connectivity index (χ3n) is 2.75. The molecular formula is C15H11ClN2O2. The third kappa shape index (κ3) is 2.90.